The lowest BCUT2D eigenvalue weighted by Crippen LogP contribution is -2.39. The van der Waals surface area contributed by atoms with Gasteiger partial charge in [-0.15, -0.1) is 0 Å². The van der Waals surface area contributed by atoms with Gasteiger partial charge in [-0.3, -0.25) is 0 Å². The number of hydrogen-bond donors (Lipinski definition) is 1. The number of nitrogens with zero attached hydrogens (tertiary/aromatic N) is 1. The van der Waals surface area contributed by atoms with E-state index in [-0.39, 0.29) is 50.3 Å². The van der Waals surface area contributed by atoms with E-state index < -0.39 is 39.8 Å². The van der Waals surface area contributed by atoms with Crippen molar-refractivity contribution in [3.05, 3.63) is 34.9 Å². The molecular formula is C18H25F2NO6S. The van der Waals surface area contributed by atoms with Gasteiger partial charge in [-0.1, -0.05) is 6.92 Å². The number of halogens is 2. The highest BCUT2D eigenvalue weighted by molar-refractivity contribution is 7.88. The van der Waals surface area contributed by atoms with E-state index in [2.05, 4.69) is 0 Å². The largest absolute Gasteiger partial charge is 0.480 e. The van der Waals surface area contributed by atoms with E-state index in [0.717, 1.165) is 22.7 Å². The lowest BCUT2D eigenvalue weighted by atomic mass is 9.85. The van der Waals surface area contributed by atoms with Crippen LogP contribution in [0.4, 0.5) is 8.78 Å². The van der Waals surface area contributed by atoms with Crippen molar-refractivity contribution >= 4 is 16.0 Å². The van der Waals surface area contributed by atoms with Gasteiger partial charge in [-0.2, -0.15) is 4.31 Å². The molecule has 1 aliphatic heterocycles. The van der Waals surface area contributed by atoms with E-state index in [1.54, 1.807) is 6.92 Å². The molecule has 0 saturated carbocycles. The van der Waals surface area contributed by atoms with Crippen molar-refractivity contribution in [3.8, 4) is 0 Å². The van der Waals surface area contributed by atoms with Crippen LogP contribution in [0.5, 0.6) is 0 Å². The summed E-state index contributed by atoms with van der Waals surface area (Å²) in [6.07, 6.45) is 1.91. The Balaban J connectivity index is 2.38. The zero-order valence-electron chi connectivity index (χ0n) is 15.9. The van der Waals surface area contributed by atoms with Gasteiger partial charge in [0.25, 0.3) is 0 Å². The molecule has 1 N–H and O–H groups in total. The number of ether oxygens (including phenoxy) is 2. The molecule has 1 aromatic carbocycles. The van der Waals surface area contributed by atoms with Gasteiger partial charge in [0.05, 0.1) is 6.26 Å². The van der Waals surface area contributed by atoms with Crippen LogP contribution < -0.4 is 0 Å². The Hall–Kier alpha value is -1.62. The van der Waals surface area contributed by atoms with Crippen LogP contribution in [0.1, 0.15) is 37.3 Å². The van der Waals surface area contributed by atoms with Crippen LogP contribution in [-0.4, -0.2) is 56.4 Å². The maximum Gasteiger partial charge on any atom is 0.329 e. The Labute approximate surface area is 163 Å². The van der Waals surface area contributed by atoms with Gasteiger partial charge in [0, 0.05) is 50.3 Å². The van der Waals surface area contributed by atoms with Crippen molar-refractivity contribution in [2.75, 3.05) is 32.6 Å². The third kappa shape index (κ3) is 5.47. The third-order valence-corrected chi connectivity index (χ3v) is 5.94. The summed E-state index contributed by atoms with van der Waals surface area (Å²) < 4.78 is 65.2. The van der Waals surface area contributed by atoms with Gasteiger partial charge in [0.1, 0.15) is 23.8 Å². The first-order valence-electron chi connectivity index (χ1n) is 8.96. The maximum absolute atomic E-state index is 14.9. The summed E-state index contributed by atoms with van der Waals surface area (Å²) in [5.74, 6) is -2.76. The van der Waals surface area contributed by atoms with Crippen molar-refractivity contribution in [3.63, 3.8) is 0 Å². The molecule has 7 nitrogen and oxygen atoms in total. The minimum Gasteiger partial charge on any atom is -0.480 e. The van der Waals surface area contributed by atoms with Crippen LogP contribution in [0.3, 0.4) is 0 Å². The molecule has 0 amide bonds. The number of carboxylic acids is 1. The van der Waals surface area contributed by atoms with Gasteiger partial charge in [0.2, 0.25) is 10.0 Å². The number of aliphatic carboxylic acids is 1. The predicted molar refractivity (Wildman–Crippen MR) is 97.2 cm³/mol. The number of hydrogen-bond acceptors (Lipinski definition) is 5. The van der Waals surface area contributed by atoms with Crippen LogP contribution >= 0.6 is 0 Å². The summed E-state index contributed by atoms with van der Waals surface area (Å²) in [6, 6.07) is 1.93. The van der Waals surface area contributed by atoms with Crippen LogP contribution in [0.2, 0.25) is 0 Å². The first-order chi connectivity index (χ1) is 13.1. The molecule has 10 heteroatoms. The standard InChI is InChI=1S/C18H25F2NO6S/c1-3-6-21(28(2,24)25)11-13-9-16(20)14(10-15(13)19)18(27-12-17(22)23)4-7-26-8-5-18/h9-10H,3-8,11-12H2,1-2H3,(H,22,23). The summed E-state index contributed by atoms with van der Waals surface area (Å²) in [6.45, 7) is 1.47. The number of carbonyl (C=O) groups is 1. The fourth-order valence-corrected chi connectivity index (χ4v) is 4.14. The molecular weight excluding hydrogens is 396 g/mol. The fourth-order valence-electron chi connectivity index (χ4n) is 3.25. The molecule has 1 saturated heterocycles. The molecule has 0 spiro atoms. The highest BCUT2D eigenvalue weighted by Crippen LogP contribution is 2.38. The number of carboxylic acid groups (broad SMARTS) is 1. The Morgan fingerprint density at radius 1 is 1.29 bits per heavy atom. The van der Waals surface area contributed by atoms with E-state index in [4.69, 9.17) is 14.6 Å². The number of benzene rings is 1. The van der Waals surface area contributed by atoms with Crippen molar-refractivity contribution in [1.82, 2.24) is 4.31 Å². The van der Waals surface area contributed by atoms with E-state index >= 15 is 0 Å². The Kier molecular flexibility index (Phi) is 7.49. The zero-order valence-corrected chi connectivity index (χ0v) is 16.7. The topological polar surface area (TPSA) is 93.1 Å². The van der Waals surface area contributed by atoms with Crippen molar-refractivity contribution in [2.24, 2.45) is 0 Å². The third-order valence-electron chi connectivity index (χ3n) is 4.69. The molecule has 2 rings (SSSR count). The molecule has 0 unspecified atom stereocenters. The van der Waals surface area contributed by atoms with Crippen LogP contribution in [-0.2, 0) is 36.4 Å². The number of sulfonamides is 1. The molecule has 0 aliphatic carbocycles. The zero-order chi connectivity index (χ0) is 20.9. The van der Waals surface area contributed by atoms with E-state index in [0.29, 0.717) is 6.42 Å². The van der Waals surface area contributed by atoms with E-state index in [9.17, 15) is 22.0 Å². The van der Waals surface area contributed by atoms with Gasteiger partial charge >= 0.3 is 5.97 Å². The van der Waals surface area contributed by atoms with Gasteiger partial charge in [-0.25, -0.2) is 22.0 Å². The normalized spacial score (nSPS) is 17.0. The highest BCUT2D eigenvalue weighted by Gasteiger charge is 2.39. The highest BCUT2D eigenvalue weighted by atomic mass is 32.2. The molecule has 0 aromatic heterocycles. The minimum atomic E-state index is -3.58. The average molecular weight is 421 g/mol. The van der Waals surface area contributed by atoms with Crippen LogP contribution in [0.25, 0.3) is 0 Å². The Morgan fingerprint density at radius 2 is 1.93 bits per heavy atom. The molecule has 1 fully saturated rings. The van der Waals surface area contributed by atoms with E-state index in [1.165, 1.54) is 0 Å². The first-order valence-corrected chi connectivity index (χ1v) is 10.8. The SMILES string of the molecule is CCCN(Cc1cc(F)c(C2(OCC(=O)O)CCOCC2)cc1F)S(C)(=O)=O. The number of rotatable bonds is 9. The summed E-state index contributed by atoms with van der Waals surface area (Å²) >= 11 is 0. The molecule has 28 heavy (non-hydrogen) atoms. The second-order valence-electron chi connectivity index (χ2n) is 6.81. The molecule has 158 valence electrons. The summed E-state index contributed by atoms with van der Waals surface area (Å²) in [5, 5.41) is 8.91. The van der Waals surface area contributed by atoms with Crippen molar-refractivity contribution in [1.29, 1.82) is 0 Å². The molecule has 0 atom stereocenters. The van der Waals surface area contributed by atoms with Crippen LogP contribution in [0, 0.1) is 11.6 Å². The molecule has 0 bridgehead atoms. The quantitative estimate of drug-likeness (QED) is 0.657. The molecule has 1 aliphatic rings. The molecule has 1 heterocycles. The van der Waals surface area contributed by atoms with E-state index in [1.807, 2.05) is 0 Å². The van der Waals surface area contributed by atoms with Crippen molar-refractivity contribution in [2.45, 2.75) is 38.3 Å². The van der Waals surface area contributed by atoms with Gasteiger partial charge in [-0.05, 0) is 18.6 Å². The lowest BCUT2D eigenvalue weighted by molar-refractivity contribution is -0.160. The lowest BCUT2D eigenvalue weighted by Gasteiger charge is -2.37. The molecule has 1 aromatic rings. The van der Waals surface area contributed by atoms with Crippen LogP contribution in [0.15, 0.2) is 12.1 Å². The smallest absolute Gasteiger partial charge is 0.329 e. The monoisotopic (exact) mass is 421 g/mol. The fraction of sp³-hybridized carbons (Fsp3) is 0.611. The molecule has 0 radical (unpaired) electrons. The minimum absolute atomic E-state index is 0.0836. The second kappa shape index (κ2) is 9.25. The average Bonchev–Trinajstić information content (AvgIpc) is 2.62. The first kappa shape index (κ1) is 22.7. The summed E-state index contributed by atoms with van der Waals surface area (Å²) in [5.41, 5.74) is -1.49. The van der Waals surface area contributed by atoms with Gasteiger partial charge < -0.3 is 14.6 Å². The maximum atomic E-state index is 14.9. The predicted octanol–water partition coefficient (Wildman–Crippen LogP) is 2.24. The van der Waals surface area contributed by atoms with Crippen molar-refractivity contribution < 1.29 is 36.6 Å². The van der Waals surface area contributed by atoms with Gasteiger partial charge in [0.15, 0.2) is 0 Å². The Morgan fingerprint density at radius 3 is 2.46 bits per heavy atom. The Bertz CT molecular complexity index is 809. The summed E-state index contributed by atoms with van der Waals surface area (Å²) in [7, 11) is -3.58. The second-order valence-corrected chi connectivity index (χ2v) is 8.79. The summed E-state index contributed by atoms with van der Waals surface area (Å²) in [4.78, 5) is 10.9.